The SMILES string of the molecule is CS(=O)(=O)c1ccccc1S(=O)(=O)N1CCC(N2CCNCC2)C1. The number of hydrogen-bond donors (Lipinski definition) is 1. The van der Waals surface area contributed by atoms with Crippen molar-refractivity contribution in [2.24, 2.45) is 0 Å². The third-order valence-corrected chi connectivity index (χ3v) is 7.87. The minimum atomic E-state index is -3.81. The van der Waals surface area contributed by atoms with Gasteiger partial charge in [0.15, 0.2) is 9.84 Å². The van der Waals surface area contributed by atoms with Gasteiger partial charge in [0, 0.05) is 51.6 Å². The van der Waals surface area contributed by atoms with E-state index in [0.717, 1.165) is 38.9 Å². The lowest BCUT2D eigenvalue weighted by molar-refractivity contribution is 0.179. The topological polar surface area (TPSA) is 86.8 Å². The van der Waals surface area contributed by atoms with Crippen LogP contribution in [0.2, 0.25) is 0 Å². The van der Waals surface area contributed by atoms with E-state index in [1.807, 2.05) is 0 Å². The summed E-state index contributed by atoms with van der Waals surface area (Å²) in [6.07, 6.45) is 1.81. The van der Waals surface area contributed by atoms with Crippen molar-refractivity contribution in [3.63, 3.8) is 0 Å². The second-order valence-corrected chi connectivity index (χ2v) is 10.2. The van der Waals surface area contributed by atoms with Crippen molar-refractivity contribution in [2.45, 2.75) is 22.3 Å². The van der Waals surface area contributed by atoms with Gasteiger partial charge >= 0.3 is 0 Å². The zero-order chi connectivity index (χ0) is 17.4. The molecule has 2 aliphatic heterocycles. The summed E-state index contributed by atoms with van der Waals surface area (Å²) in [6, 6.07) is 6.04. The molecule has 0 spiro atoms. The molecule has 2 aliphatic rings. The standard InChI is InChI=1S/C15H23N3O4S2/c1-23(19,20)14-4-2-3-5-15(14)24(21,22)18-9-6-13(12-18)17-10-7-16-8-11-17/h2-5,13,16H,6-12H2,1H3. The molecule has 0 saturated carbocycles. The first-order valence-corrected chi connectivity index (χ1v) is 11.4. The molecule has 0 bridgehead atoms. The van der Waals surface area contributed by atoms with E-state index in [0.29, 0.717) is 13.1 Å². The fourth-order valence-electron chi connectivity index (χ4n) is 3.38. The van der Waals surface area contributed by atoms with Gasteiger partial charge in [-0.25, -0.2) is 16.8 Å². The smallest absolute Gasteiger partial charge is 0.244 e. The highest BCUT2D eigenvalue weighted by Crippen LogP contribution is 2.28. The number of piperazine rings is 1. The molecular formula is C15H23N3O4S2. The molecule has 134 valence electrons. The van der Waals surface area contributed by atoms with E-state index in [1.54, 1.807) is 12.1 Å². The van der Waals surface area contributed by atoms with Gasteiger partial charge in [0.25, 0.3) is 0 Å². The lowest BCUT2D eigenvalue weighted by Gasteiger charge is -2.32. The van der Waals surface area contributed by atoms with Crippen molar-refractivity contribution >= 4 is 19.9 Å². The zero-order valence-corrected chi connectivity index (χ0v) is 15.3. The molecule has 1 atom stereocenters. The molecule has 1 aromatic rings. The normalized spacial score (nSPS) is 24.3. The summed E-state index contributed by atoms with van der Waals surface area (Å²) in [4.78, 5) is 2.07. The van der Waals surface area contributed by atoms with Crippen LogP contribution in [0.25, 0.3) is 0 Å². The van der Waals surface area contributed by atoms with Crippen LogP contribution in [0.1, 0.15) is 6.42 Å². The van der Waals surface area contributed by atoms with Crippen molar-refractivity contribution in [3.05, 3.63) is 24.3 Å². The number of benzene rings is 1. The van der Waals surface area contributed by atoms with Crippen LogP contribution in [0.4, 0.5) is 0 Å². The van der Waals surface area contributed by atoms with E-state index in [1.165, 1.54) is 16.4 Å². The molecule has 1 aromatic carbocycles. The molecule has 1 N–H and O–H groups in total. The number of sulfone groups is 1. The minimum Gasteiger partial charge on any atom is -0.314 e. The van der Waals surface area contributed by atoms with Gasteiger partial charge in [0.2, 0.25) is 10.0 Å². The average Bonchev–Trinajstić information content (AvgIpc) is 3.06. The number of rotatable bonds is 4. The van der Waals surface area contributed by atoms with Crippen LogP contribution in [0.3, 0.4) is 0 Å². The van der Waals surface area contributed by atoms with Crippen molar-refractivity contribution < 1.29 is 16.8 Å². The van der Waals surface area contributed by atoms with Crippen LogP contribution in [-0.4, -0.2) is 77.6 Å². The number of hydrogen-bond acceptors (Lipinski definition) is 6. The molecule has 24 heavy (non-hydrogen) atoms. The van der Waals surface area contributed by atoms with Crippen LogP contribution >= 0.6 is 0 Å². The summed E-state index contributed by atoms with van der Waals surface area (Å²) < 4.78 is 51.2. The maximum Gasteiger partial charge on any atom is 0.244 e. The fourth-order valence-corrected chi connectivity index (χ4v) is 6.48. The van der Waals surface area contributed by atoms with E-state index in [-0.39, 0.29) is 15.8 Å². The first-order valence-electron chi connectivity index (χ1n) is 8.04. The number of nitrogens with zero attached hydrogens (tertiary/aromatic N) is 2. The summed E-state index contributed by atoms with van der Waals surface area (Å²) in [6.45, 7) is 4.51. The first kappa shape index (κ1) is 17.8. The van der Waals surface area contributed by atoms with Crippen LogP contribution in [0.5, 0.6) is 0 Å². The lowest BCUT2D eigenvalue weighted by Crippen LogP contribution is -2.49. The Morgan fingerprint density at radius 3 is 2.25 bits per heavy atom. The Labute approximate surface area is 143 Å². The summed E-state index contributed by atoms with van der Waals surface area (Å²) >= 11 is 0. The molecule has 2 saturated heterocycles. The zero-order valence-electron chi connectivity index (χ0n) is 13.7. The van der Waals surface area contributed by atoms with Crippen LogP contribution in [0.15, 0.2) is 34.1 Å². The van der Waals surface area contributed by atoms with Crippen molar-refractivity contribution in [1.29, 1.82) is 0 Å². The Bertz CT molecular complexity index is 802. The molecule has 0 aromatic heterocycles. The molecule has 9 heteroatoms. The Morgan fingerprint density at radius 1 is 1.00 bits per heavy atom. The lowest BCUT2D eigenvalue weighted by atomic mass is 10.2. The maximum atomic E-state index is 13.0. The second kappa shape index (κ2) is 6.72. The highest BCUT2D eigenvalue weighted by molar-refractivity contribution is 7.93. The Morgan fingerprint density at radius 2 is 1.62 bits per heavy atom. The molecule has 2 fully saturated rings. The van der Waals surface area contributed by atoms with Gasteiger partial charge < -0.3 is 5.32 Å². The van der Waals surface area contributed by atoms with Crippen LogP contribution < -0.4 is 5.32 Å². The molecule has 0 amide bonds. The molecule has 0 radical (unpaired) electrons. The average molecular weight is 374 g/mol. The van der Waals surface area contributed by atoms with E-state index >= 15 is 0 Å². The Balaban J connectivity index is 1.85. The number of sulfonamides is 1. The predicted octanol–water partition coefficient (Wildman–Crippen LogP) is -0.242. The summed E-state index contributed by atoms with van der Waals surface area (Å²) in [5, 5.41) is 3.29. The maximum absolute atomic E-state index is 13.0. The molecule has 1 unspecified atom stereocenters. The molecule has 3 rings (SSSR count). The third kappa shape index (κ3) is 3.50. The predicted molar refractivity (Wildman–Crippen MR) is 91.2 cm³/mol. The fraction of sp³-hybridized carbons (Fsp3) is 0.600. The van der Waals surface area contributed by atoms with Gasteiger partial charge in [-0.15, -0.1) is 0 Å². The molecule has 0 aliphatic carbocycles. The van der Waals surface area contributed by atoms with E-state index in [4.69, 9.17) is 0 Å². The van der Waals surface area contributed by atoms with Crippen LogP contribution in [0, 0.1) is 0 Å². The van der Waals surface area contributed by atoms with E-state index in [9.17, 15) is 16.8 Å². The van der Waals surface area contributed by atoms with E-state index < -0.39 is 19.9 Å². The number of nitrogens with one attached hydrogen (secondary N) is 1. The van der Waals surface area contributed by atoms with Gasteiger partial charge in [0.05, 0.1) is 4.90 Å². The van der Waals surface area contributed by atoms with Crippen molar-refractivity contribution in [2.75, 3.05) is 45.5 Å². The van der Waals surface area contributed by atoms with Gasteiger partial charge in [-0.1, -0.05) is 12.1 Å². The molecular weight excluding hydrogens is 350 g/mol. The van der Waals surface area contributed by atoms with E-state index in [2.05, 4.69) is 10.2 Å². The monoisotopic (exact) mass is 373 g/mol. The summed E-state index contributed by atoms with van der Waals surface area (Å²) in [5.41, 5.74) is 0. The Hall–Kier alpha value is -1.00. The highest BCUT2D eigenvalue weighted by Gasteiger charge is 2.37. The minimum absolute atomic E-state index is 0.117. The van der Waals surface area contributed by atoms with Gasteiger partial charge in [-0.05, 0) is 18.6 Å². The summed E-state index contributed by atoms with van der Waals surface area (Å²) in [7, 11) is -7.42. The third-order valence-electron chi connectivity index (χ3n) is 4.66. The quantitative estimate of drug-likeness (QED) is 0.784. The highest BCUT2D eigenvalue weighted by atomic mass is 32.2. The van der Waals surface area contributed by atoms with Gasteiger partial charge in [-0.2, -0.15) is 4.31 Å². The summed E-state index contributed by atoms with van der Waals surface area (Å²) in [5.74, 6) is 0. The van der Waals surface area contributed by atoms with Gasteiger partial charge in [0.1, 0.15) is 4.90 Å². The molecule has 7 nitrogen and oxygen atoms in total. The Kier molecular flexibility index (Phi) is 4.99. The van der Waals surface area contributed by atoms with Gasteiger partial charge in [-0.3, -0.25) is 4.90 Å². The van der Waals surface area contributed by atoms with Crippen molar-refractivity contribution in [1.82, 2.24) is 14.5 Å². The molecule has 2 heterocycles. The second-order valence-electron chi connectivity index (χ2n) is 6.31. The largest absolute Gasteiger partial charge is 0.314 e. The van der Waals surface area contributed by atoms with Crippen molar-refractivity contribution in [3.8, 4) is 0 Å². The van der Waals surface area contributed by atoms with Crippen LogP contribution in [-0.2, 0) is 19.9 Å². The first-order chi connectivity index (χ1) is 11.3.